The smallest absolute Gasteiger partial charge is 0.243 e. The first-order chi connectivity index (χ1) is 10.1. The van der Waals surface area contributed by atoms with Crippen LogP contribution in [0.1, 0.15) is 48.8 Å². The molecule has 1 fully saturated rings. The minimum Gasteiger partial charge on any atom is -0.496 e. The predicted molar refractivity (Wildman–Crippen MR) is 84.8 cm³/mol. The molecule has 21 heavy (non-hydrogen) atoms. The summed E-state index contributed by atoms with van der Waals surface area (Å²) in [6.07, 6.45) is 7.24. The van der Waals surface area contributed by atoms with E-state index in [1.807, 2.05) is 26.0 Å². The van der Waals surface area contributed by atoms with Gasteiger partial charge in [-0.3, -0.25) is 4.79 Å². The van der Waals surface area contributed by atoms with Crippen LogP contribution < -0.4 is 10.2 Å². The van der Waals surface area contributed by atoms with Gasteiger partial charge in [0.2, 0.25) is 5.91 Å². The first kappa shape index (κ1) is 15.5. The molecule has 1 amide bonds. The molecule has 0 spiro atoms. The summed E-state index contributed by atoms with van der Waals surface area (Å²) in [7, 11) is 1.67. The van der Waals surface area contributed by atoms with E-state index in [9.17, 15) is 4.79 Å². The van der Waals surface area contributed by atoms with Crippen LogP contribution in [0.15, 0.2) is 17.2 Å². The van der Waals surface area contributed by atoms with Crippen LogP contribution in [0.3, 0.4) is 0 Å². The molecular formula is C17H24N2O2. The third-order valence-corrected chi connectivity index (χ3v) is 4.35. The molecule has 1 aromatic carbocycles. The number of amides is 1. The van der Waals surface area contributed by atoms with E-state index in [-0.39, 0.29) is 11.8 Å². The number of carbonyl (C=O) groups excluding carboxylic acids is 1. The van der Waals surface area contributed by atoms with E-state index in [4.69, 9.17) is 4.74 Å². The van der Waals surface area contributed by atoms with Crippen molar-refractivity contribution in [2.24, 2.45) is 11.0 Å². The summed E-state index contributed by atoms with van der Waals surface area (Å²) in [5.41, 5.74) is 5.89. The SMILES string of the molecule is COc1ccc(C=NNC(=O)C2CCCCC2)c(C)c1C. The molecule has 1 aliphatic carbocycles. The molecule has 1 saturated carbocycles. The van der Waals surface area contributed by atoms with Crippen molar-refractivity contribution in [1.82, 2.24) is 5.43 Å². The molecule has 0 heterocycles. The Kier molecular flexibility index (Phi) is 5.37. The number of methoxy groups -OCH3 is 1. The fraction of sp³-hybridized carbons (Fsp3) is 0.529. The monoisotopic (exact) mass is 288 g/mol. The van der Waals surface area contributed by atoms with Crippen molar-refractivity contribution in [2.75, 3.05) is 7.11 Å². The van der Waals surface area contributed by atoms with Gasteiger partial charge in [-0.1, -0.05) is 19.3 Å². The molecule has 1 N–H and O–H groups in total. The van der Waals surface area contributed by atoms with Gasteiger partial charge < -0.3 is 4.74 Å². The molecule has 0 radical (unpaired) electrons. The van der Waals surface area contributed by atoms with E-state index in [0.717, 1.165) is 48.1 Å². The zero-order valence-corrected chi connectivity index (χ0v) is 13.1. The molecule has 0 aromatic heterocycles. The minimum absolute atomic E-state index is 0.0498. The second kappa shape index (κ2) is 7.25. The van der Waals surface area contributed by atoms with Crippen LogP contribution in [-0.2, 0) is 4.79 Å². The lowest BCUT2D eigenvalue weighted by Gasteiger charge is -2.19. The van der Waals surface area contributed by atoms with Crippen molar-refractivity contribution in [3.05, 3.63) is 28.8 Å². The Labute approximate surface area is 126 Å². The molecule has 0 atom stereocenters. The third kappa shape index (κ3) is 3.84. The number of benzene rings is 1. The Morgan fingerprint density at radius 1 is 1.24 bits per heavy atom. The number of carbonyl (C=O) groups is 1. The average molecular weight is 288 g/mol. The number of nitrogens with zero attached hydrogens (tertiary/aromatic N) is 1. The van der Waals surface area contributed by atoms with Crippen LogP contribution in [0.5, 0.6) is 5.75 Å². The zero-order valence-electron chi connectivity index (χ0n) is 13.1. The standard InChI is InChI=1S/C17H24N2O2/c1-12-13(2)16(21-3)10-9-15(12)11-18-19-17(20)14-7-5-4-6-8-14/h9-11,14H,4-8H2,1-3H3,(H,19,20). The van der Waals surface area contributed by atoms with Gasteiger partial charge in [-0.25, -0.2) is 5.43 Å². The van der Waals surface area contributed by atoms with Crippen molar-refractivity contribution >= 4 is 12.1 Å². The van der Waals surface area contributed by atoms with Crippen molar-refractivity contribution in [1.29, 1.82) is 0 Å². The van der Waals surface area contributed by atoms with E-state index in [1.165, 1.54) is 6.42 Å². The lowest BCUT2D eigenvalue weighted by molar-refractivity contribution is -0.125. The topological polar surface area (TPSA) is 50.7 Å². The number of hydrogen-bond acceptors (Lipinski definition) is 3. The number of nitrogens with one attached hydrogen (secondary N) is 1. The largest absolute Gasteiger partial charge is 0.496 e. The summed E-state index contributed by atoms with van der Waals surface area (Å²) in [6.45, 7) is 4.05. The maximum Gasteiger partial charge on any atom is 0.243 e. The summed E-state index contributed by atoms with van der Waals surface area (Å²) >= 11 is 0. The molecule has 114 valence electrons. The summed E-state index contributed by atoms with van der Waals surface area (Å²) in [5, 5.41) is 4.11. The van der Waals surface area contributed by atoms with Crippen LogP contribution in [0.4, 0.5) is 0 Å². The highest BCUT2D eigenvalue weighted by Crippen LogP contribution is 2.24. The van der Waals surface area contributed by atoms with E-state index in [2.05, 4.69) is 10.5 Å². The molecule has 1 aliphatic rings. The Morgan fingerprint density at radius 2 is 1.95 bits per heavy atom. The predicted octanol–water partition coefficient (Wildman–Crippen LogP) is 3.34. The van der Waals surface area contributed by atoms with Crippen LogP contribution in [0.25, 0.3) is 0 Å². The van der Waals surface area contributed by atoms with Gasteiger partial charge in [0, 0.05) is 5.92 Å². The fourth-order valence-electron chi connectivity index (χ4n) is 2.80. The normalized spacial score (nSPS) is 16.1. The van der Waals surface area contributed by atoms with Crippen LogP contribution in [-0.4, -0.2) is 19.2 Å². The molecule has 0 unspecified atom stereocenters. The molecule has 4 nitrogen and oxygen atoms in total. The number of hydrazone groups is 1. The number of ether oxygens (including phenoxy) is 1. The quantitative estimate of drug-likeness (QED) is 0.682. The van der Waals surface area contributed by atoms with Crippen molar-refractivity contribution in [3.63, 3.8) is 0 Å². The Balaban J connectivity index is 1.98. The van der Waals surface area contributed by atoms with Gasteiger partial charge in [0.25, 0.3) is 0 Å². The minimum atomic E-state index is 0.0498. The average Bonchev–Trinajstić information content (AvgIpc) is 2.52. The second-order valence-corrected chi connectivity index (χ2v) is 5.68. The second-order valence-electron chi connectivity index (χ2n) is 5.68. The fourth-order valence-corrected chi connectivity index (χ4v) is 2.80. The first-order valence-corrected chi connectivity index (χ1v) is 7.60. The maximum absolute atomic E-state index is 12.0. The van der Waals surface area contributed by atoms with E-state index >= 15 is 0 Å². The Morgan fingerprint density at radius 3 is 2.62 bits per heavy atom. The summed E-state index contributed by atoms with van der Waals surface area (Å²) in [5.74, 6) is 1.05. The Hall–Kier alpha value is -1.84. The summed E-state index contributed by atoms with van der Waals surface area (Å²) in [6, 6.07) is 3.88. The lowest BCUT2D eigenvalue weighted by Crippen LogP contribution is -2.28. The molecule has 4 heteroatoms. The van der Waals surface area contributed by atoms with E-state index < -0.39 is 0 Å². The molecule has 0 aliphatic heterocycles. The van der Waals surface area contributed by atoms with Crippen molar-refractivity contribution in [2.45, 2.75) is 46.0 Å². The number of rotatable bonds is 4. The van der Waals surface area contributed by atoms with Gasteiger partial charge in [-0.2, -0.15) is 5.10 Å². The van der Waals surface area contributed by atoms with Gasteiger partial charge in [-0.05, 0) is 55.5 Å². The summed E-state index contributed by atoms with van der Waals surface area (Å²) < 4.78 is 5.29. The number of hydrogen-bond donors (Lipinski definition) is 1. The lowest BCUT2D eigenvalue weighted by atomic mass is 9.89. The maximum atomic E-state index is 12.0. The highest BCUT2D eigenvalue weighted by molar-refractivity contribution is 5.85. The highest BCUT2D eigenvalue weighted by atomic mass is 16.5. The van der Waals surface area contributed by atoms with Crippen LogP contribution in [0, 0.1) is 19.8 Å². The highest BCUT2D eigenvalue weighted by Gasteiger charge is 2.20. The van der Waals surface area contributed by atoms with E-state index in [0.29, 0.717) is 0 Å². The molecule has 0 bridgehead atoms. The van der Waals surface area contributed by atoms with Crippen molar-refractivity contribution < 1.29 is 9.53 Å². The molecule has 1 aromatic rings. The van der Waals surface area contributed by atoms with Crippen LogP contribution >= 0.6 is 0 Å². The third-order valence-electron chi connectivity index (χ3n) is 4.35. The van der Waals surface area contributed by atoms with Gasteiger partial charge in [0.05, 0.1) is 13.3 Å². The van der Waals surface area contributed by atoms with Gasteiger partial charge >= 0.3 is 0 Å². The molecule has 2 rings (SSSR count). The van der Waals surface area contributed by atoms with Crippen molar-refractivity contribution in [3.8, 4) is 5.75 Å². The van der Waals surface area contributed by atoms with Gasteiger partial charge in [-0.15, -0.1) is 0 Å². The van der Waals surface area contributed by atoms with Gasteiger partial charge in [0.1, 0.15) is 5.75 Å². The summed E-state index contributed by atoms with van der Waals surface area (Å²) in [4.78, 5) is 12.0. The van der Waals surface area contributed by atoms with E-state index in [1.54, 1.807) is 13.3 Å². The molecule has 0 saturated heterocycles. The van der Waals surface area contributed by atoms with Crippen LogP contribution in [0.2, 0.25) is 0 Å². The molecular weight excluding hydrogens is 264 g/mol. The van der Waals surface area contributed by atoms with Gasteiger partial charge in [0.15, 0.2) is 0 Å². The first-order valence-electron chi connectivity index (χ1n) is 7.60. The zero-order chi connectivity index (χ0) is 15.2. The Bertz CT molecular complexity index is 532.